The van der Waals surface area contributed by atoms with E-state index in [-0.39, 0.29) is 16.5 Å². The van der Waals surface area contributed by atoms with Gasteiger partial charge in [0.25, 0.3) is 0 Å². The maximum absolute atomic E-state index is 12.7. The van der Waals surface area contributed by atoms with Crippen LogP contribution in [0.1, 0.15) is 10.4 Å². The second-order valence-corrected chi connectivity index (χ2v) is 6.27. The molecule has 3 aromatic rings. The smallest absolute Gasteiger partial charge is 0.205 e. The molecule has 0 fully saturated rings. The number of nitrogens with one attached hydrogen (secondary N) is 2. The Bertz CT molecular complexity index is 1120. The number of Topliss-reactive ketones (excluding diaryl/α,β-unsaturated/α-hetero) is 1. The van der Waals surface area contributed by atoms with Crippen molar-refractivity contribution in [1.82, 2.24) is 5.32 Å². The first-order valence-corrected chi connectivity index (χ1v) is 8.87. The second kappa shape index (κ2) is 8.80. The number of thiocarbonyl (C=S) groups is 1. The number of hydrogen-bond acceptors (Lipinski definition) is 4. The van der Waals surface area contributed by atoms with Gasteiger partial charge in [-0.1, -0.05) is 48.5 Å². The van der Waals surface area contributed by atoms with Crippen molar-refractivity contribution < 1.29 is 9.53 Å². The maximum Gasteiger partial charge on any atom is 0.205 e. The van der Waals surface area contributed by atoms with Crippen LogP contribution in [0, 0.1) is 11.3 Å². The monoisotopic (exact) mass is 387 g/mol. The summed E-state index contributed by atoms with van der Waals surface area (Å²) >= 11 is 5.23. The largest absolute Gasteiger partial charge is 0.495 e. The minimum Gasteiger partial charge on any atom is -0.495 e. The van der Waals surface area contributed by atoms with E-state index in [2.05, 4.69) is 10.6 Å². The third kappa shape index (κ3) is 4.34. The van der Waals surface area contributed by atoms with Crippen molar-refractivity contribution in [2.45, 2.75) is 0 Å². The number of ketones is 1. The number of carbonyl (C=O) groups excluding carboxylic acids is 1. The number of fused-ring (bicyclic) bond motifs is 1. The molecular formula is C22H17N3O2S. The zero-order valence-electron chi connectivity index (χ0n) is 15.1. The number of anilines is 1. The van der Waals surface area contributed by atoms with Crippen molar-refractivity contribution in [3.8, 4) is 11.8 Å². The predicted molar refractivity (Wildman–Crippen MR) is 114 cm³/mol. The van der Waals surface area contributed by atoms with Crippen molar-refractivity contribution >= 4 is 39.6 Å². The average molecular weight is 387 g/mol. The van der Waals surface area contributed by atoms with E-state index in [1.807, 2.05) is 54.6 Å². The summed E-state index contributed by atoms with van der Waals surface area (Å²) < 4.78 is 5.25. The van der Waals surface area contributed by atoms with Crippen molar-refractivity contribution in [3.05, 3.63) is 84.1 Å². The molecule has 0 aliphatic heterocycles. The van der Waals surface area contributed by atoms with Crippen LogP contribution < -0.4 is 15.4 Å². The fourth-order valence-corrected chi connectivity index (χ4v) is 2.85. The van der Waals surface area contributed by atoms with Gasteiger partial charge in [0.05, 0.1) is 12.8 Å². The van der Waals surface area contributed by atoms with Crippen LogP contribution in [0.5, 0.6) is 5.75 Å². The summed E-state index contributed by atoms with van der Waals surface area (Å²) in [5.41, 5.74) is 1.08. The molecular weight excluding hydrogens is 370 g/mol. The highest BCUT2D eigenvalue weighted by Gasteiger charge is 2.13. The molecule has 0 radical (unpaired) electrons. The highest BCUT2D eigenvalue weighted by Crippen LogP contribution is 2.23. The molecule has 28 heavy (non-hydrogen) atoms. The van der Waals surface area contributed by atoms with Gasteiger partial charge in [0.15, 0.2) is 5.11 Å². The summed E-state index contributed by atoms with van der Waals surface area (Å²) in [5.74, 6) is 0.254. The van der Waals surface area contributed by atoms with Gasteiger partial charge in [-0.15, -0.1) is 0 Å². The third-order valence-corrected chi connectivity index (χ3v) is 4.30. The van der Waals surface area contributed by atoms with Crippen LogP contribution in [0.4, 0.5) is 5.69 Å². The van der Waals surface area contributed by atoms with Crippen LogP contribution in [0.2, 0.25) is 0 Å². The number of nitriles is 1. The second-order valence-electron chi connectivity index (χ2n) is 5.86. The number of benzene rings is 3. The number of allylic oxidation sites excluding steroid dienone is 1. The summed E-state index contributed by atoms with van der Waals surface area (Å²) in [6.07, 6.45) is 1.31. The van der Waals surface area contributed by atoms with Crippen LogP contribution >= 0.6 is 12.2 Å². The number of nitrogens with zero attached hydrogens (tertiary/aromatic N) is 1. The van der Waals surface area contributed by atoms with Crippen molar-refractivity contribution in [3.63, 3.8) is 0 Å². The number of para-hydroxylation sites is 2. The van der Waals surface area contributed by atoms with Gasteiger partial charge in [-0.3, -0.25) is 4.79 Å². The lowest BCUT2D eigenvalue weighted by molar-refractivity contribution is 0.103. The fourth-order valence-electron chi connectivity index (χ4n) is 2.68. The molecule has 0 saturated carbocycles. The van der Waals surface area contributed by atoms with Gasteiger partial charge in [-0.2, -0.15) is 5.26 Å². The van der Waals surface area contributed by atoms with Gasteiger partial charge in [-0.25, -0.2) is 0 Å². The Kier molecular flexibility index (Phi) is 6.00. The molecule has 0 amide bonds. The van der Waals surface area contributed by atoms with Gasteiger partial charge in [0, 0.05) is 11.8 Å². The van der Waals surface area contributed by atoms with Crippen molar-refractivity contribution in [2.75, 3.05) is 12.4 Å². The molecule has 5 nitrogen and oxygen atoms in total. The molecule has 3 aromatic carbocycles. The Hall–Kier alpha value is -3.69. The first-order valence-electron chi connectivity index (χ1n) is 8.46. The zero-order valence-corrected chi connectivity index (χ0v) is 15.9. The normalized spacial score (nSPS) is 10.8. The Balaban J connectivity index is 1.74. The number of hydrogen-bond donors (Lipinski definition) is 2. The van der Waals surface area contributed by atoms with Crippen LogP contribution in [0.25, 0.3) is 10.8 Å². The minimum atomic E-state index is -0.374. The predicted octanol–water partition coefficient (Wildman–Crippen LogP) is 4.43. The van der Waals surface area contributed by atoms with E-state index in [1.54, 1.807) is 25.3 Å². The van der Waals surface area contributed by atoms with Gasteiger partial charge in [0.1, 0.15) is 17.4 Å². The maximum atomic E-state index is 12.7. The molecule has 3 rings (SSSR count). The van der Waals surface area contributed by atoms with Crippen LogP contribution in [0.15, 0.2) is 78.5 Å². The van der Waals surface area contributed by atoms with E-state index in [1.165, 1.54) is 6.20 Å². The van der Waals surface area contributed by atoms with Crippen molar-refractivity contribution in [1.29, 1.82) is 5.26 Å². The van der Waals surface area contributed by atoms with Crippen molar-refractivity contribution in [2.24, 2.45) is 0 Å². The Morgan fingerprint density at radius 3 is 2.54 bits per heavy atom. The molecule has 0 atom stereocenters. The molecule has 0 aliphatic rings. The third-order valence-electron chi connectivity index (χ3n) is 4.08. The molecule has 0 saturated heterocycles. The molecule has 138 valence electrons. The Morgan fingerprint density at radius 1 is 1.07 bits per heavy atom. The Morgan fingerprint density at radius 2 is 1.79 bits per heavy atom. The summed E-state index contributed by atoms with van der Waals surface area (Å²) in [6.45, 7) is 0. The molecule has 0 aliphatic carbocycles. The average Bonchev–Trinajstić information content (AvgIpc) is 2.74. The van der Waals surface area contributed by atoms with E-state index in [9.17, 15) is 10.1 Å². The van der Waals surface area contributed by atoms with E-state index in [0.29, 0.717) is 17.0 Å². The van der Waals surface area contributed by atoms with Crippen LogP contribution in [0.3, 0.4) is 0 Å². The van der Waals surface area contributed by atoms with Crippen LogP contribution in [-0.2, 0) is 0 Å². The zero-order chi connectivity index (χ0) is 19.9. The molecule has 6 heteroatoms. The first kappa shape index (κ1) is 19.1. The van der Waals surface area contributed by atoms with E-state index < -0.39 is 0 Å². The fraction of sp³-hybridized carbons (Fsp3) is 0.0455. The van der Waals surface area contributed by atoms with E-state index in [4.69, 9.17) is 17.0 Å². The molecule has 0 heterocycles. The van der Waals surface area contributed by atoms with Gasteiger partial charge in [-0.05, 0) is 41.2 Å². The summed E-state index contributed by atoms with van der Waals surface area (Å²) in [6, 6.07) is 22.3. The number of rotatable bonds is 5. The highest BCUT2D eigenvalue weighted by atomic mass is 32.1. The number of carbonyl (C=O) groups is 1. The molecule has 0 aromatic heterocycles. The molecule has 2 N–H and O–H groups in total. The number of methoxy groups -OCH3 is 1. The lowest BCUT2D eigenvalue weighted by Crippen LogP contribution is -2.25. The van der Waals surface area contributed by atoms with Gasteiger partial charge < -0.3 is 15.4 Å². The van der Waals surface area contributed by atoms with E-state index in [0.717, 1.165) is 10.8 Å². The van der Waals surface area contributed by atoms with E-state index >= 15 is 0 Å². The van der Waals surface area contributed by atoms with Crippen LogP contribution in [-0.4, -0.2) is 18.0 Å². The quantitative estimate of drug-likeness (QED) is 0.292. The summed E-state index contributed by atoms with van der Waals surface area (Å²) in [4.78, 5) is 12.7. The lowest BCUT2D eigenvalue weighted by atomic mass is 10.0. The standard InChI is InChI=1S/C22H17N3O2S/c1-27-20-9-5-4-8-19(20)25-22(28)24-14-18(13-23)21(26)17-11-10-15-6-2-3-7-16(15)12-17/h2-12,14H,1H3,(H2,24,25,28). The topological polar surface area (TPSA) is 74.2 Å². The number of ether oxygens (including phenoxy) is 1. The molecule has 0 unspecified atom stereocenters. The molecule has 0 spiro atoms. The summed E-state index contributed by atoms with van der Waals surface area (Å²) in [5, 5.41) is 17.4. The summed E-state index contributed by atoms with van der Waals surface area (Å²) in [7, 11) is 1.56. The van der Waals surface area contributed by atoms with Gasteiger partial charge in [0.2, 0.25) is 5.78 Å². The first-order chi connectivity index (χ1) is 13.6. The lowest BCUT2D eigenvalue weighted by Gasteiger charge is -2.11. The Labute approximate surface area is 168 Å². The SMILES string of the molecule is COc1ccccc1NC(=S)NC=C(C#N)C(=O)c1ccc2ccccc2c1. The van der Waals surface area contributed by atoms with Gasteiger partial charge >= 0.3 is 0 Å². The molecule has 0 bridgehead atoms. The minimum absolute atomic E-state index is 0.0422. The highest BCUT2D eigenvalue weighted by molar-refractivity contribution is 7.80.